The van der Waals surface area contributed by atoms with Gasteiger partial charge in [0.15, 0.2) is 0 Å². The van der Waals surface area contributed by atoms with Crippen molar-refractivity contribution in [2.75, 3.05) is 32.5 Å². The van der Waals surface area contributed by atoms with Crippen molar-refractivity contribution >= 4 is 16.0 Å². The first-order valence-electron chi connectivity index (χ1n) is 13.3. The Hall–Kier alpha value is -3.59. The number of benzene rings is 3. The topological polar surface area (TPSA) is 101 Å². The van der Waals surface area contributed by atoms with Gasteiger partial charge in [0.25, 0.3) is 0 Å². The number of unbranched alkanes of at least 4 members (excludes halogenated alkanes) is 1. The summed E-state index contributed by atoms with van der Waals surface area (Å²) in [5, 5.41) is 8.14. The first kappa shape index (κ1) is 27.0. The van der Waals surface area contributed by atoms with Crippen LogP contribution in [0.4, 0.5) is 5.95 Å². The van der Waals surface area contributed by atoms with Crippen LogP contribution in [0.1, 0.15) is 51.8 Å². The van der Waals surface area contributed by atoms with Crippen LogP contribution < -0.4 is 10.5 Å². The summed E-state index contributed by atoms with van der Waals surface area (Å²) in [6.07, 6.45) is 4.89. The normalized spacial score (nSPS) is 15.4. The second-order valence-corrected chi connectivity index (χ2v) is 12.0. The van der Waals surface area contributed by atoms with Gasteiger partial charge in [-0.2, -0.15) is 0 Å². The molecule has 1 aliphatic rings. The second kappa shape index (κ2) is 11.7. The maximum Gasteiger partial charge on any atom is 0.223 e. The van der Waals surface area contributed by atoms with Gasteiger partial charge in [-0.25, -0.2) is 23.5 Å². The highest BCUT2D eigenvalue weighted by atomic mass is 32.2. The minimum atomic E-state index is -3.84. The molecule has 5 rings (SSSR count). The number of aromatic nitrogens is 2. The van der Waals surface area contributed by atoms with Crippen LogP contribution in [0, 0.1) is 0 Å². The Morgan fingerprint density at radius 1 is 0.949 bits per heavy atom. The average molecular weight is 542 g/mol. The highest BCUT2D eigenvalue weighted by Crippen LogP contribution is 2.42. The molecule has 0 radical (unpaired) electrons. The number of fused-ring (bicyclic) bond motifs is 3. The summed E-state index contributed by atoms with van der Waals surface area (Å²) < 4.78 is 25.1. The van der Waals surface area contributed by atoms with Gasteiger partial charge in [0.05, 0.1) is 5.69 Å². The number of hydrogen-bond acceptors (Lipinski definition) is 6. The number of sulfonamides is 1. The molecule has 2 unspecified atom stereocenters. The van der Waals surface area contributed by atoms with Crippen LogP contribution in [-0.2, 0) is 16.4 Å². The third-order valence-electron chi connectivity index (χ3n) is 7.27. The zero-order valence-electron chi connectivity index (χ0n) is 22.4. The largest absolute Gasteiger partial charge is 0.354 e. The third kappa shape index (κ3) is 6.19. The summed E-state index contributed by atoms with van der Waals surface area (Å²) in [5.41, 5.74) is 6.82. The minimum absolute atomic E-state index is 0.112. The maximum atomic E-state index is 12.5. The summed E-state index contributed by atoms with van der Waals surface area (Å²) in [5.74, 6) is 0.770. The molecule has 0 amide bonds. The van der Waals surface area contributed by atoms with Gasteiger partial charge in [0.2, 0.25) is 16.0 Å². The standard InChI is InChI=1S/C31H35N5O2S/c1-36(2)19-9-8-18-33-31-34-21-25-20-28(26-12-6-7-13-27(26)29(25)35-31)22-14-16-24(17-15-22)30(39(32,37)38)23-10-4-3-5-11-23/h3-7,10-17,21,28,30H,8-9,18-20H2,1-2H3,(H2,32,37,38)(H,33,34,35). The Balaban J connectivity index is 1.39. The van der Waals surface area contributed by atoms with Gasteiger partial charge >= 0.3 is 0 Å². The van der Waals surface area contributed by atoms with Crippen molar-refractivity contribution in [1.82, 2.24) is 14.9 Å². The minimum Gasteiger partial charge on any atom is -0.354 e. The summed E-state index contributed by atoms with van der Waals surface area (Å²) in [6, 6.07) is 25.3. The molecule has 39 heavy (non-hydrogen) atoms. The van der Waals surface area contributed by atoms with Crippen LogP contribution in [-0.4, -0.2) is 50.5 Å². The Morgan fingerprint density at radius 2 is 1.64 bits per heavy atom. The van der Waals surface area contributed by atoms with Crippen molar-refractivity contribution in [2.24, 2.45) is 5.14 Å². The molecule has 1 heterocycles. The molecule has 7 nitrogen and oxygen atoms in total. The summed E-state index contributed by atoms with van der Waals surface area (Å²) in [6.45, 7) is 1.91. The van der Waals surface area contributed by atoms with E-state index in [4.69, 9.17) is 10.1 Å². The maximum absolute atomic E-state index is 12.5. The molecule has 0 fully saturated rings. The Kier molecular flexibility index (Phi) is 8.07. The fourth-order valence-corrected chi connectivity index (χ4v) is 6.45. The molecule has 0 saturated carbocycles. The first-order valence-corrected chi connectivity index (χ1v) is 14.9. The Labute approximate surface area is 231 Å². The van der Waals surface area contributed by atoms with Crippen LogP contribution in [0.3, 0.4) is 0 Å². The zero-order valence-corrected chi connectivity index (χ0v) is 23.2. The van der Waals surface area contributed by atoms with Crippen molar-refractivity contribution < 1.29 is 8.42 Å². The van der Waals surface area contributed by atoms with E-state index in [1.807, 2.05) is 54.7 Å². The molecule has 3 aromatic carbocycles. The number of anilines is 1. The van der Waals surface area contributed by atoms with Gasteiger partial charge in [-0.1, -0.05) is 78.9 Å². The van der Waals surface area contributed by atoms with Crippen LogP contribution in [0.5, 0.6) is 0 Å². The van der Waals surface area contributed by atoms with Gasteiger partial charge in [0.1, 0.15) is 5.25 Å². The first-order chi connectivity index (χ1) is 18.8. The SMILES string of the molecule is CN(C)CCCCNc1ncc2c(n1)-c1ccccc1C(c1ccc(C(c3ccccc3)S(N)(=O)=O)cc1)C2. The smallest absolute Gasteiger partial charge is 0.223 e. The monoisotopic (exact) mass is 541 g/mol. The van der Waals surface area contributed by atoms with Crippen LogP contribution in [0.15, 0.2) is 85.1 Å². The molecular formula is C31H35N5O2S. The number of hydrogen-bond donors (Lipinski definition) is 2. The Morgan fingerprint density at radius 3 is 2.36 bits per heavy atom. The van der Waals surface area contributed by atoms with Gasteiger partial charge in [-0.3, -0.25) is 0 Å². The molecule has 3 N–H and O–H groups in total. The second-order valence-electron chi connectivity index (χ2n) is 10.4. The van der Waals surface area contributed by atoms with Crippen LogP contribution >= 0.6 is 0 Å². The van der Waals surface area contributed by atoms with Crippen molar-refractivity contribution in [3.63, 3.8) is 0 Å². The van der Waals surface area contributed by atoms with Gasteiger partial charge in [0, 0.05) is 24.2 Å². The number of nitrogens with one attached hydrogen (secondary N) is 1. The van der Waals surface area contributed by atoms with E-state index < -0.39 is 15.3 Å². The molecule has 202 valence electrons. The van der Waals surface area contributed by atoms with Crippen LogP contribution in [0.2, 0.25) is 0 Å². The van der Waals surface area contributed by atoms with E-state index in [2.05, 4.69) is 47.5 Å². The van der Waals surface area contributed by atoms with E-state index in [0.29, 0.717) is 17.1 Å². The van der Waals surface area contributed by atoms with E-state index >= 15 is 0 Å². The summed E-state index contributed by atoms with van der Waals surface area (Å²) in [4.78, 5) is 11.7. The summed E-state index contributed by atoms with van der Waals surface area (Å²) in [7, 11) is 0.337. The highest BCUT2D eigenvalue weighted by molar-refractivity contribution is 7.89. The van der Waals surface area contributed by atoms with E-state index in [9.17, 15) is 8.42 Å². The highest BCUT2D eigenvalue weighted by Gasteiger charge is 2.29. The van der Waals surface area contributed by atoms with Crippen molar-refractivity contribution in [1.29, 1.82) is 0 Å². The van der Waals surface area contributed by atoms with Gasteiger partial charge in [-0.05, 0) is 67.7 Å². The molecule has 0 saturated heterocycles. The average Bonchev–Trinajstić information content (AvgIpc) is 2.93. The molecule has 0 aliphatic heterocycles. The predicted octanol–water partition coefficient (Wildman–Crippen LogP) is 4.96. The lowest BCUT2D eigenvalue weighted by atomic mass is 9.77. The van der Waals surface area contributed by atoms with Gasteiger partial charge in [-0.15, -0.1) is 0 Å². The van der Waals surface area contributed by atoms with E-state index in [-0.39, 0.29) is 5.92 Å². The van der Waals surface area contributed by atoms with Crippen molar-refractivity contribution in [3.05, 3.63) is 113 Å². The molecule has 0 spiro atoms. The zero-order chi connectivity index (χ0) is 27.4. The molecule has 1 aliphatic carbocycles. The number of nitrogens with two attached hydrogens (primary N) is 1. The lowest BCUT2D eigenvalue weighted by Crippen LogP contribution is -2.22. The quantitative estimate of drug-likeness (QED) is 0.275. The van der Waals surface area contributed by atoms with E-state index in [0.717, 1.165) is 54.7 Å². The lowest BCUT2D eigenvalue weighted by Gasteiger charge is -2.28. The van der Waals surface area contributed by atoms with E-state index in [1.165, 1.54) is 5.56 Å². The molecule has 1 aromatic heterocycles. The fourth-order valence-electron chi connectivity index (χ4n) is 5.37. The number of nitrogens with zero attached hydrogens (tertiary/aromatic N) is 3. The number of primary sulfonamides is 1. The Bertz CT molecular complexity index is 1520. The lowest BCUT2D eigenvalue weighted by molar-refractivity contribution is 0.396. The molecule has 8 heteroatoms. The molecule has 2 atom stereocenters. The fraction of sp³-hybridized carbons (Fsp3) is 0.290. The molecule has 4 aromatic rings. The molecule has 0 bridgehead atoms. The van der Waals surface area contributed by atoms with Crippen LogP contribution in [0.25, 0.3) is 11.3 Å². The van der Waals surface area contributed by atoms with Crippen molar-refractivity contribution in [3.8, 4) is 11.3 Å². The van der Waals surface area contributed by atoms with Crippen molar-refractivity contribution in [2.45, 2.75) is 30.4 Å². The third-order valence-corrected chi connectivity index (χ3v) is 8.47. The molecular weight excluding hydrogens is 506 g/mol. The van der Waals surface area contributed by atoms with E-state index in [1.54, 1.807) is 12.1 Å². The van der Waals surface area contributed by atoms with Gasteiger partial charge < -0.3 is 10.2 Å². The predicted molar refractivity (Wildman–Crippen MR) is 157 cm³/mol. The number of rotatable bonds is 10. The summed E-state index contributed by atoms with van der Waals surface area (Å²) >= 11 is 0.